The highest BCUT2D eigenvalue weighted by molar-refractivity contribution is 7.07. The Morgan fingerprint density at radius 3 is 2.61 bits per heavy atom. The van der Waals surface area contributed by atoms with Crippen molar-refractivity contribution in [3.63, 3.8) is 0 Å². The Hall–Kier alpha value is -3.80. The molecule has 2 aromatic carbocycles. The predicted molar refractivity (Wildman–Crippen MR) is 108 cm³/mol. The SMILES string of the molecule is CN=c1scc(-c2ccc(OC(F)F)cc2)n1/N=C\c1cc2c(cc1[N+](=O)[O-])OCO2. The van der Waals surface area contributed by atoms with Crippen molar-refractivity contribution in [3.8, 4) is 28.5 Å². The monoisotopic (exact) mass is 448 g/mol. The molecule has 31 heavy (non-hydrogen) atoms. The lowest BCUT2D eigenvalue weighted by Crippen LogP contribution is -2.11. The van der Waals surface area contributed by atoms with Crippen LogP contribution in [0.25, 0.3) is 11.3 Å². The smallest absolute Gasteiger partial charge is 0.387 e. The average Bonchev–Trinajstić information content (AvgIpc) is 3.37. The van der Waals surface area contributed by atoms with Gasteiger partial charge in [0.25, 0.3) is 5.69 Å². The van der Waals surface area contributed by atoms with E-state index in [0.717, 1.165) is 0 Å². The molecular formula is C19H14F2N4O5S. The number of thiazole rings is 1. The van der Waals surface area contributed by atoms with Crippen molar-refractivity contribution in [2.24, 2.45) is 10.1 Å². The maximum absolute atomic E-state index is 12.4. The molecule has 160 valence electrons. The summed E-state index contributed by atoms with van der Waals surface area (Å²) in [7, 11) is 1.59. The summed E-state index contributed by atoms with van der Waals surface area (Å²) in [5.41, 5.74) is 1.33. The van der Waals surface area contributed by atoms with Gasteiger partial charge < -0.3 is 14.2 Å². The van der Waals surface area contributed by atoms with E-state index < -0.39 is 11.5 Å². The van der Waals surface area contributed by atoms with E-state index in [2.05, 4.69) is 14.8 Å². The third-order valence-corrected chi connectivity index (χ3v) is 5.19. The number of aromatic nitrogens is 1. The molecule has 2 heterocycles. The fourth-order valence-corrected chi connectivity index (χ4v) is 3.70. The number of ether oxygens (including phenoxy) is 3. The predicted octanol–water partition coefficient (Wildman–Crippen LogP) is 3.87. The number of halogens is 2. The van der Waals surface area contributed by atoms with Crippen LogP contribution in [0.1, 0.15) is 5.56 Å². The lowest BCUT2D eigenvalue weighted by atomic mass is 10.1. The van der Waals surface area contributed by atoms with E-state index in [1.165, 1.54) is 46.5 Å². The van der Waals surface area contributed by atoms with Gasteiger partial charge in [-0.05, 0) is 30.3 Å². The molecule has 1 aliphatic rings. The van der Waals surface area contributed by atoms with Gasteiger partial charge in [-0.1, -0.05) is 0 Å². The largest absolute Gasteiger partial charge is 0.454 e. The minimum Gasteiger partial charge on any atom is -0.454 e. The average molecular weight is 448 g/mol. The van der Waals surface area contributed by atoms with E-state index in [1.807, 2.05) is 0 Å². The van der Waals surface area contributed by atoms with Crippen LogP contribution in [0.15, 0.2) is 51.9 Å². The van der Waals surface area contributed by atoms with Crippen molar-refractivity contribution in [2.75, 3.05) is 13.8 Å². The van der Waals surface area contributed by atoms with Crippen molar-refractivity contribution in [1.29, 1.82) is 0 Å². The highest BCUT2D eigenvalue weighted by Gasteiger charge is 2.22. The number of alkyl halides is 2. The summed E-state index contributed by atoms with van der Waals surface area (Å²) in [6.07, 6.45) is 1.33. The second-order valence-electron chi connectivity index (χ2n) is 6.11. The first-order valence-corrected chi connectivity index (χ1v) is 9.65. The van der Waals surface area contributed by atoms with Crippen molar-refractivity contribution in [1.82, 2.24) is 4.68 Å². The van der Waals surface area contributed by atoms with Gasteiger partial charge in [0.1, 0.15) is 5.75 Å². The molecule has 3 aromatic rings. The van der Waals surface area contributed by atoms with E-state index in [1.54, 1.807) is 24.6 Å². The van der Waals surface area contributed by atoms with Crippen LogP contribution in [0.2, 0.25) is 0 Å². The molecule has 1 aromatic heterocycles. The summed E-state index contributed by atoms with van der Waals surface area (Å²) >= 11 is 1.30. The maximum atomic E-state index is 12.4. The summed E-state index contributed by atoms with van der Waals surface area (Å²) < 4.78 is 41.1. The maximum Gasteiger partial charge on any atom is 0.387 e. The van der Waals surface area contributed by atoms with E-state index in [0.29, 0.717) is 27.6 Å². The Morgan fingerprint density at radius 2 is 1.97 bits per heavy atom. The molecule has 4 rings (SSSR count). The third kappa shape index (κ3) is 4.23. The number of hydrogen-bond acceptors (Lipinski definition) is 8. The van der Waals surface area contributed by atoms with Gasteiger partial charge in [0.15, 0.2) is 11.5 Å². The van der Waals surface area contributed by atoms with E-state index in [4.69, 9.17) is 9.47 Å². The standard InChI is InChI=1S/C19H14F2N4O5S/c1-22-19-24(15(9-31-19)11-2-4-13(5-3-11)30-18(20)21)23-8-12-6-16-17(29-10-28-16)7-14(12)25(26)27/h2-9,18H,10H2,1H3/b22-19?,23-8-. The first-order chi connectivity index (χ1) is 15.0. The molecule has 0 radical (unpaired) electrons. The summed E-state index contributed by atoms with van der Waals surface area (Å²) in [6, 6.07) is 8.81. The molecule has 0 atom stereocenters. The lowest BCUT2D eigenvalue weighted by molar-refractivity contribution is -0.385. The Bertz CT molecular complexity index is 1220. The molecular weight excluding hydrogens is 434 g/mol. The van der Waals surface area contributed by atoms with Crippen LogP contribution >= 0.6 is 11.3 Å². The molecule has 0 amide bonds. The molecule has 0 aliphatic carbocycles. The van der Waals surface area contributed by atoms with Crippen LogP contribution in [0, 0.1) is 10.1 Å². The first-order valence-electron chi connectivity index (χ1n) is 8.77. The number of rotatable bonds is 6. The minimum atomic E-state index is -2.91. The van der Waals surface area contributed by atoms with Crippen molar-refractivity contribution in [3.05, 3.63) is 62.3 Å². The van der Waals surface area contributed by atoms with Crippen LogP contribution in [0.5, 0.6) is 17.2 Å². The molecule has 0 saturated heterocycles. The van der Waals surface area contributed by atoms with Gasteiger partial charge in [-0.3, -0.25) is 15.1 Å². The first kappa shape index (κ1) is 20.5. The third-order valence-electron chi connectivity index (χ3n) is 4.28. The lowest BCUT2D eigenvalue weighted by Gasteiger charge is -2.07. The molecule has 0 N–H and O–H groups in total. The van der Waals surface area contributed by atoms with Gasteiger partial charge in [-0.2, -0.15) is 13.9 Å². The Kier molecular flexibility index (Phi) is 5.62. The fraction of sp³-hybridized carbons (Fsp3) is 0.158. The Balaban J connectivity index is 1.72. The van der Waals surface area contributed by atoms with Crippen LogP contribution in [-0.2, 0) is 0 Å². The molecule has 0 bridgehead atoms. The summed E-state index contributed by atoms with van der Waals surface area (Å²) in [4.78, 5) is 15.6. The zero-order valence-corrected chi connectivity index (χ0v) is 16.7. The second-order valence-corrected chi connectivity index (χ2v) is 6.94. The zero-order chi connectivity index (χ0) is 22.0. The van der Waals surface area contributed by atoms with Gasteiger partial charge in [-0.25, -0.2) is 4.68 Å². The number of fused-ring (bicyclic) bond motifs is 1. The number of nitro benzene ring substituents is 1. The fourth-order valence-electron chi connectivity index (χ4n) is 2.90. The van der Waals surface area contributed by atoms with Crippen LogP contribution in [0.4, 0.5) is 14.5 Å². The van der Waals surface area contributed by atoms with Crippen molar-refractivity contribution >= 4 is 23.2 Å². The topological polar surface area (TPSA) is 100 Å². The van der Waals surface area contributed by atoms with Gasteiger partial charge in [0.2, 0.25) is 11.6 Å². The molecule has 0 saturated carbocycles. The van der Waals surface area contributed by atoms with Crippen molar-refractivity contribution in [2.45, 2.75) is 6.61 Å². The van der Waals surface area contributed by atoms with Gasteiger partial charge >= 0.3 is 6.61 Å². The zero-order valence-electron chi connectivity index (χ0n) is 15.9. The second kappa shape index (κ2) is 8.52. The van der Waals surface area contributed by atoms with Crippen LogP contribution in [-0.4, -0.2) is 36.3 Å². The van der Waals surface area contributed by atoms with E-state index in [-0.39, 0.29) is 23.8 Å². The number of nitro groups is 1. The molecule has 12 heteroatoms. The summed E-state index contributed by atoms with van der Waals surface area (Å²) in [5, 5.41) is 17.6. The van der Waals surface area contributed by atoms with Gasteiger partial charge in [0, 0.05) is 18.0 Å². The molecule has 0 spiro atoms. The summed E-state index contributed by atoms with van der Waals surface area (Å²) in [6.45, 7) is -2.93. The Labute approximate surface area is 177 Å². The number of hydrogen-bond donors (Lipinski definition) is 0. The normalized spacial score (nSPS) is 13.4. The van der Waals surface area contributed by atoms with E-state index >= 15 is 0 Å². The summed E-state index contributed by atoms with van der Waals surface area (Å²) in [5.74, 6) is 0.709. The van der Waals surface area contributed by atoms with Crippen LogP contribution in [0.3, 0.4) is 0 Å². The van der Waals surface area contributed by atoms with E-state index in [9.17, 15) is 18.9 Å². The minimum absolute atomic E-state index is 0.0132. The van der Waals surface area contributed by atoms with Crippen LogP contribution < -0.4 is 19.0 Å². The highest BCUT2D eigenvalue weighted by atomic mass is 32.1. The molecule has 0 fully saturated rings. The Morgan fingerprint density at radius 1 is 1.26 bits per heavy atom. The molecule has 1 aliphatic heterocycles. The molecule has 9 nitrogen and oxygen atoms in total. The number of benzene rings is 2. The van der Waals surface area contributed by atoms with Gasteiger partial charge in [0.05, 0.1) is 28.5 Å². The quantitative estimate of drug-likeness (QED) is 0.324. The van der Waals surface area contributed by atoms with Gasteiger partial charge in [-0.15, -0.1) is 11.3 Å². The molecule has 0 unspecified atom stereocenters. The number of nitrogens with zero attached hydrogens (tertiary/aromatic N) is 4. The van der Waals surface area contributed by atoms with Crippen molar-refractivity contribution < 1.29 is 27.9 Å². The highest BCUT2D eigenvalue weighted by Crippen LogP contribution is 2.37.